The van der Waals surface area contributed by atoms with Gasteiger partial charge in [0.15, 0.2) is 0 Å². The van der Waals surface area contributed by atoms with Crippen LogP contribution in [0.15, 0.2) is 0 Å². The summed E-state index contributed by atoms with van der Waals surface area (Å²) in [5.41, 5.74) is 0. The molecule has 88 valence electrons. The van der Waals surface area contributed by atoms with Crippen molar-refractivity contribution in [3.05, 3.63) is 0 Å². The number of nitrogens with one attached hydrogen (secondary N) is 2. The van der Waals surface area contributed by atoms with E-state index >= 15 is 0 Å². The molecule has 1 atom stereocenters. The lowest BCUT2D eigenvalue weighted by Gasteiger charge is -2.11. The van der Waals surface area contributed by atoms with Crippen LogP contribution in [0.4, 0.5) is 0 Å². The lowest BCUT2D eigenvalue weighted by atomic mass is 10.4. The van der Waals surface area contributed by atoms with Crippen molar-refractivity contribution in [2.24, 2.45) is 0 Å². The third kappa shape index (κ3) is 8.20. The van der Waals surface area contributed by atoms with Gasteiger partial charge in [0.05, 0.1) is 6.54 Å². The molecule has 0 fully saturated rings. The van der Waals surface area contributed by atoms with Gasteiger partial charge in [-0.15, -0.1) is 11.6 Å². The maximum atomic E-state index is 11.2. The fraction of sp³-hybridized carbons (Fsp3) is 0.778. The van der Waals surface area contributed by atoms with Gasteiger partial charge >= 0.3 is 0 Å². The van der Waals surface area contributed by atoms with Crippen LogP contribution in [0, 0.1) is 0 Å². The standard InChI is InChI=1S/C9H18ClN3O2/c1-7(10)9(15)12-6-8(14)11-4-5-13(2)3/h7H,4-6H2,1-3H3,(H,11,14)(H,12,15). The average molecular weight is 236 g/mol. The van der Waals surface area contributed by atoms with E-state index in [0.717, 1.165) is 6.54 Å². The number of hydrogen-bond acceptors (Lipinski definition) is 3. The average Bonchev–Trinajstić information content (AvgIpc) is 2.13. The van der Waals surface area contributed by atoms with Gasteiger partial charge in [0.25, 0.3) is 0 Å². The van der Waals surface area contributed by atoms with Crippen LogP contribution >= 0.6 is 11.6 Å². The molecule has 0 aliphatic heterocycles. The molecular weight excluding hydrogens is 218 g/mol. The molecule has 0 aromatic rings. The van der Waals surface area contributed by atoms with Crippen molar-refractivity contribution in [1.29, 1.82) is 0 Å². The first kappa shape index (κ1) is 14.2. The Kier molecular flexibility index (Phi) is 7.07. The molecule has 0 aliphatic rings. The van der Waals surface area contributed by atoms with Gasteiger partial charge in [-0.2, -0.15) is 0 Å². The molecule has 1 unspecified atom stereocenters. The van der Waals surface area contributed by atoms with E-state index in [2.05, 4.69) is 10.6 Å². The third-order valence-electron chi connectivity index (χ3n) is 1.67. The van der Waals surface area contributed by atoms with E-state index in [9.17, 15) is 9.59 Å². The molecule has 0 heterocycles. The zero-order valence-electron chi connectivity index (χ0n) is 9.34. The summed E-state index contributed by atoms with van der Waals surface area (Å²) in [6.45, 7) is 2.87. The minimum Gasteiger partial charge on any atom is -0.353 e. The van der Waals surface area contributed by atoms with Crippen molar-refractivity contribution < 1.29 is 9.59 Å². The number of hydrogen-bond donors (Lipinski definition) is 2. The first-order valence-corrected chi connectivity index (χ1v) is 5.20. The Bertz CT molecular complexity index is 219. The Morgan fingerprint density at radius 1 is 1.33 bits per heavy atom. The molecular formula is C9H18ClN3O2. The second-order valence-electron chi connectivity index (χ2n) is 3.49. The lowest BCUT2D eigenvalue weighted by molar-refractivity contribution is -0.125. The first-order valence-electron chi connectivity index (χ1n) is 4.76. The summed E-state index contributed by atoms with van der Waals surface area (Å²) in [6.07, 6.45) is 0. The second kappa shape index (κ2) is 7.48. The van der Waals surface area contributed by atoms with Crippen LogP contribution in [-0.2, 0) is 9.59 Å². The van der Waals surface area contributed by atoms with Crippen LogP contribution in [0.3, 0.4) is 0 Å². The topological polar surface area (TPSA) is 61.4 Å². The SMILES string of the molecule is CC(Cl)C(=O)NCC(=O)NCCN(C)C. The zero-order chi connectivity index (χ0) is 11.8. The molecule has 0 aliphatic carbocycles. The molecule has 0 bridgehead atoms. The van der Waals surface area contributed by atoms with Crippen LogP contribution < -0.4 is 10.6 Å². The normalized spacial score (nSPS) is 12.3. The highest BCUT2D eigenvalue weighted by Gasteiger charge is 2.09. The Labute approximate surface area is 95.1 Å². The molecule has 5 nitrogen and oxygen atoms in total. The van der Waals surface area contributed by atoms with Gasteiger partial charge in [-0.3, -0.25) is 9.59 Å². The minimum atomic E-state index is -0.612. The number of carbonyl (C=O) groups is 2. The highest BCUT2D eigenvalue weighted by Crippen LogP contribution is 1.91. The van der Waals surface area contributed by atoms with Gasteiger partial charge in [0.2, 0.25) is 11.8 Å². The summed E-state index contributed by atoms with van der Waals surface area (Å²) in [6, 6.07) is 0. The Hall–Kier alpha value is -0.810. The molecule has 0 radical (unpaired) electrons. The van der Waals surface area contributed by atoms with Gasteiger partial charge in [-0.1, -0.05) is 0 Å². The van der Waals surface area contributed by atoms with Crippen LogP contribution in [0.25, 0.3) is 0 Å². The van der Waals surface area contributed by atoms with Crippen LogP contribution in [0.2, 0.25) is 0 Å². The molecule has 0 spiro atoms. The van der Waals surface area contributed by atoms with E-state index in [1.807, 2.05) is 19.0 Å². The molecule has 0 aromatic heterocycles. The fourth-order valence-corrected chi connectivity index (χ4v) is 0.867. The van der Waals surface area contributed by atoms with Gasteiger partial charge in [-0.25, -0.2) is 0 Å². The molecule has 15 heavy (non-hydrogen) atoms. The smallest absolute Gasteiger partial charge is 0.239 e. The maximum Gasteiger partial charge on any atom is 0.239 e. The van der Waals surface area contributed by atoms with Gasteiger partial charge in [0, 0.05) is 13.1 Å². The van der Waals surface area contributed by atoms with Crippen LogP contribution in [-0.4, -0.2) is 55.8 Å². The number of nitrogens with zero attached hydrogens (tertiary/aromatic N) is 1. The van der Waals surface area contributed by atoms with E-state index in [-0.39, 0.29) is 18.4 Å². The zero-order valence-corrected chi connectivity index (χ0v) is 10.1. The van der Waals surface area contributed by atoms with Gasteiger partial charge < -0.3 is 15.5 Å². The summed E-state index contributed by atoms with van der Waals surface area (Å²) >= 11 is 5.51. The van der Waals surface area contributed by atoms with Crippen molar-refractivity contribution in [1.82, 2.24) is 15.5 Å². The first-order chi connectivity index (χ1) is 6.93. The number of halogens is 1. The van der Waals surface area contributed by atoms with E-state index in [1.165, 1.54) is 0 Å². The van der Waals surface area contributed by atoms with Gasteiger partial charge in [0.1, 0.15) is 5.38 Å². The van der Waals surface area contributed by atoms with Crippen LogP contribution in [0.5, 0.6) is 0 Å². The Balaban J connectivity index is 3.54. The largest absolute Gasteiger partial charge is 0.353 e. The molecule has 2 amide bonds. The molecule has 2 N–H and O–H groups in total. The number of carbonyl (C=O) groups excluding carboxylic acids is 2. The van der Waals surface area contributed by atoms with Gasteiger partial charge in [-0.05, 0) is 21.0 Å². The Morgan fingerprint density at radius 3 is 2.40 bits per heavy atom. The van der Waals surface area contributed by atoms with Crippen molar-refractivity contribution in [3.8, 4) is 0 Å². The van der Waals surface area contributed by atoms with Crippen molar-refractivity contribution in [2.75, 3.05) is 33.7 Å². The van der Waals surface area contributed by atoms with Crippen molar-refractivity contribution in [2.45, 2.75) is 12.3 Å². The fourth-order valence-electron chi connectivity index (χ4n) is 0.789. The van der Waals surface area contributed by atoms with E-state index in [0.29, 0.717) is 6.54 Å². The van der Waals surface area contributed by atoms with E-state index in [1.54, 1.807) is 6.92 Å². The molecule has 0 saturated heterocycles. The quantitative estimate of drug-likeness (QED) is 0.605. The monoisotopic (exact) mass is 235 g/mol. The number of alkyl halides is 1. The Morgan fingerprint density at radius 2 is 1.93 bits per heavy atom. The minimum absolute atomic E-state index is 0.0245. The number of likely N-dealkylation sites (N-methyl/N-ethyl adjacent to an activating group) is 1. The predicted octanol–water partition coefficient (Wildman–Crippen LogP) is -0.592. The number of rotatable bonds is 6. The predicted molar refractivity (Wildman–Crippen MR) is 59.9 cm³/mol. The van der Waals surface area contributed by atoms with Crippen LogP contribution in [0.1, 0.15) is 6.92 Å². The summed E-state index contributed by atoms with van der Waals surface area (Å²) in [5.74, 6) is -0.540. The maximum absolute atomic E-state index is 11.2. The summed E-state index contributed by atoms with van der Waals surface area (Å²) in [5, 5.41) is 4.48. The highest BCUT2D eigenvalue weighted by molar-refractivity contribution is 6.30. The summed E-state index contributed by atoms with van der Waals surface area (Å²) in [7, 11) is 3.84. The molecule has 0 rings (SSSR count). The lowest BCUT2D eigenvalue weighted by Crippen LogP contribution is -2.41. The highest BCUT2D eigenvalue weighted by atomic mass is 35.5. The van der Waals surface area contributed by atoms with E-state index < -0.39 is 5.38 Å². The molecule has 0 saturated carbocycles. The second-order valence-corrected chi connectivity index (χ2v) is 4.14. The third-order valence-corrected chi connectivity index (χ3v) is 1.86. The van der Waals surface area contributed by atoms with Crippen molar-refractivity contribution in [3.63, 3.8) is 0 Å². The summed E-state index contributed by atoms with van der Waals surface area (Å²) < 4.78 is 0. The van der Waals surface area contributed by atoms with E-state index in [4.69, 9.17) is 11.6 Å². The number of amides is 2. The van der Waals surface area contributed by atoms with Crippen molar-refractivity contribution >= 4 is 23.4 Å². The molecule has 0 aromatic carbocycles. The molecule has 6 heteroatoms. The summed E-state index contributed by atoms with van der Waals surface area (Å²) in [4.78, 5) is 24.1.